The second-order valence-corrected chi connectivity index (χ2v) is 26.8. The molecule has 528 valence electrons. The average Bonchev–Trinajstić information content (AvgIpc) is 0.749. The van der Waals surface area contributed by atoms with E-state index in [2.05, 4.69) is 102 Å². The van der Waals surface area contributed by atoms with Crippen molar-refractivity contribution in [2.45, 2.75) is 0 Å². The third-order valence-electron chi connectivity index (χ3n) is 20.4. The number of hydrogen-bond donors (Lipinski definition) is 0. The van der Waals surface area contributed by atoms with Crippen LogP contribution in [0.1, 0.15) is 89.5 Å². The van der Waals surface area contributed by atoms with E-state index in [1.54, 1.807) is 55.8 Å². The van der Waals surface area contributed by atoms with Gasteiger partial charge in [-0.3, -0.25) is 34.9 Å². The van der Waals surface area contributed by atoms with Gasteiger partial charge in [-0.2, -0.15) is 0 Å². The van der Waals surface area contributed by atoms with E-state index < -0.39 is 0 Å². The molecule has 0 atom stereocenters. The number of ether oxygens (including phenoxy) is 8. The molecule has 0 radical (unpaired) electrons. The van der Waals surface area contributed by atoms with Gasteiger partial charge in [0.2, 0.25) is 0 Å². The number of fused-ring (bicyclic) bond motifs is 16. The summed E-state index contributed by atoms with van der Waals surface area (Å²) in [5.41, 5.74) is 24.2. The van der Waals surface area contributed by atoms with E-state index in [9.17, 15) is 0 Å². The Balaban J connectivity index is 0.0000000943. The first-order chi connectivity index (χ1) is 55.6. The van der Waals surface area contributed by atoms with Crippen molar-refractivity contribution in [2.75, 3.05) is 0 Å². The smallest absolute Gasteiger partial charge is 0.153 e. The van der Waals surface area contributed by atoms with Crippen LogP contribution in [0.4, 0.5) is 0 Å². The lowest BCUT2D eigenvalue weighted by Crippen LogP contribution is -2.11. The van der Waals surface area contributed by atoms with Crippen LogP contribution in [0.5, 0.6) is 92.0 Å². The van der Waals surface area contributed by atoms with E-state index in [1.165, 1.54) is 0 Å². The minimum Gasteiger partial charge on any atom is -0.456 e. The second-order valence-electron chi connectivity index (χ2n) is 26.8. The summed E-state index contributed by atoms with van der Waals surface area (Å²) in [7, 11) is 0. The fourth-order valence-corrected chi connectivity index (χ4v) is 15.6. The Bertz CT molecular complexity index is 5130. The van der Waals surface area contributed by atoms with Crippen LogP contribution >= 0.6 is 0 Å². The van der Waals surface area contributed by atoms with Crippen molar-refractivity contribution in [3.63, 3.8) is 0 Å². The zero-order valence-electron chi connectivity index (χ0n) is 59.3. The molecule has 0 saturated heterocycles. The van der Waals surface area contributed by atoms with E-state index in [4.69, 9.17) is 37.9 Å². The summed E-state index contributed by atoms with van der Waals surface area (Å²) in [4.78, 5) is 31.5. The van der Waals surface area contributed by atoms with E-state index in [0.29, 0.717) is 0 Å². The summed E-state index contributed by atoms with van der Waals surface area (Å²) in [6.45, 7) is 0. The SMILES string of the molecule is c1ccc2c(c1)Oc1ccccc1C2=C1c2ccccc2Oc2cnccc21.c1ccc2c(c1)Oc1cccnc1/C2=C1/c2ccccc2Oc2cccnc21.c1ccc2c(c1)Oc1cccnc1/C2=C1\c2ccccc2Oc2cccnc21.c1ccc2c(c1)Oc1cnccc1/C2=C1/c2ccccc2Oc2cnccc21. The number of rotatable bonds is 0. The fourth-order valence-electron chi connectivity index (χ4n) is 15.6. The Kier molecular flexibility index (Phi) is 15.8. The number of aromatic nitrogens is 7. The molecular formula is C97H57N7O8. The topological polar surface area (TPSA) is 164 Å². The molecule has 16 aromatic rings. The van der Waals surface area contributed by atoms with E-state index in [-0.39, 0.29) is 0 Å². The Morgan fingerprint density at radius 3 is 0.509 bits per heavy atom. The van der Waals surface area contributed by atoms with Gasteiger partial charge < -0.3 is 37.9 Å². The fraction of sp³-hybridized carbons (Fsp3) is 0. The normalized spacial score (nSPS) is 15.4. The maximum absolute atomic E-state index is 6.20. The number of pyridine rings is 7. The van der Waals surface area contributed by atoms with Crippen LogP contribution in [0.3, 0.4) is 0 Å². The zero-order chi connectivity index (χ0) is 74.0. The van der Waals surface area contributed by atoms with Crippen LogP contribution in [0, 0.1) is 0 Å². The van der Waals surface area contributed by atoms with E-state index in [1.807, 2.05) is 225 Å². The molecule has 0 aliphatic carbocycles. The van der Waals surface area contributed by atoms with Crippen molar-refractivity contribution in [1.29, 1.82) is 0 Å². The highest BCUT2D eigenvalue weighted by atomic mass is 16.5. The number of nitrogens with zero attached hydrogens (tertiary/aromatic N) is 7. The first kappa shape index (κ1) is 64.7. The standard InChI is InChI=1S/C25H15NO2.3C24H14N2O2/c1-4-10-20-16(7-1)24(17-8-2-5-11-21(17)27-20)25-18-9-3-6-12-22(18)28-23-15-26-14-13-19(23)25;2*1-3-9-17-15(7-1)21(23-19(27-17)11-5-13-25-23)22-16-8-2-4-10-18(16)28-20-12-6-14-26-24(20)22;1-3-7-19-15(5-1)23(17-9-11-25-13-21(17)27-19)24-16-6-2-4-8-20(16)28-22-14-26-12-10-18(22)24/h1-15H;3*1-14H/b;22-21+;22-21-;24-23-. The Hall–Kier alpha value is -15.6. The zero-order valence-corrected chi connectivity index (χ0v) is 59.3. The van der Waals surface area contributed by atoms with Crippen molar-refractivity contribution < 1.29 is 37.9 Å². The largest absolute Gasteiger partial charge is 0.456 e. The summed E-state index contributed by atoms with van der Waals surface area (Å²) in [5.74, 6) is 12.7. The van der Waals surface area contributed by atoms with Crippen LogP contribution in [0.15, 0.2) is 347 Å². The predicted molar refractivity (Wildman–Crippen MR) is 428 cm³/mol. The number of benzene rings is 9. The second kappa shape index (κ2) is 27.3. The highest BCUT2D eigenvalue weighted by Crippen LogP contribution is 2.58. The summed E-state index contributed by atoms with van der Waals surface area (Å²) in [6.07, 6.45) is 17.9. The third kappa shape index (κ3) is 11.1. The van der Waals surface area contributed by atoms with Crippen LogP contribution in [0.2, 0.25) is 0 Å². The van der Waals surface area contributed by atoms with E-state index in [0.717, 1.165) is 226 Å². The van der Waals surface area contributed by atoms with Gasteiger partial charge in [0.15, 0.2) is 40.2 Å². The summed E-state index contributed by atoms with van der Waals surface area (Å²) < 4.78 is 49.1. The molecule has 15 heteroatoms. The Morgan fingerprint density at radius 1 is 0.134 bits per heavy atom. The Labute approximate surface area is 642 Å². The third-order valence-corrected chi connectivity index (χ3v) is 20.4. The van der Waals surface area contributed by atoms with Crippen LogP contribution < -0.4 is 37.9 Å². The lowest BCUT2D eigenvalue weighted by molar-refractivity contribution is 0.468. The van der Waals surface area contributed by atoms with Crippen LogP contribution in [-0.2, 0) is 0 Å². The minimum absolute atomic E-state index is 0.741. The summed E-state index contributed by atoms with van der Waals surface area (Å²) in [5, 5.41) is 0. The first-order valence-corrected chi connectivity index (χ1v) is 36.5. The predicted octanol–water partition coefficient (Wildman–Crippen LogP) is 23.4. The van der Waals surface area contributed by atoms with Crippen molar-refractivity contribution in [3.8, 4) is 92.0 Å². The van der Waals surface area contributed by atoms with Gasteiger partial charge in [0, 0.05) is 155 Å². The minimum atomic E-state index is 0.741. The van der Waals surface area contributed by atoms with Gasteiger partial charge in [-0.1, -0.05) is 164 Å². The first-order valence-electron chi connectivity index (χ1n) is 36.5. The van der Waals surface area contributed by atoms with E-state index >= 15 is 0 Å². The molecule has 112 heavy (non-hydrogen) atoms. The molecule has 0 spiro atoms. The quantitative estimate of drug-likeness (QED) is 0.141. The molecule has 8 aliphatic rings. The maximum Gasteiger partial charge on any atom is 0.153 e. The molecule has 0 bridgehead atoms. The summed E-state index contributed by atoms with van der Waals surface area (Å²) in [6, 6.07) is 94.3. The molecule has 0 N–H and O–H groups in total. The number of hydrogen-bond acceptors (Lipinski definition) is 15. The molecule has 0 saturated carbocycles. The molecule has 15 heterocycles. The molecule has 8 aliphatic heterocycles. The average molecular weight is 1450 g/mol. The molecule has 15 nitrogen and oxygen atoms in total. The van der Waals surface area contributed by atoms with Gasteiger partial charge in [0.05, 0.1) is 18.6 Å². The lowest BCUT2D eigenvalue weighted by atomic mass is 9.83. The van der Waals surface area contributed by atoms with Gasteiger partial charge in [0.25, 0.3) is 0 Å². The van der Waals surface area contributed by atoms with Crippen molar-refractivity contribution in [2.24, 2.45) is 0 Å². The molecule has 9 aromatic carbocycles. The van der Waals surface area contributed by atoms with Gasteiger partial charge in [-0.05, 0) is 121 Å². The van der Waals surface area contributed by atoms with Crippen molar-refractivity contribution >= 4 is 44.6 Å². The summed E-state index contributed by atoms with van der Waals surface area (Å²) >= 11 is 0. The van der Waals surface area contributed by atoms with Gasteiger partial charge in [-0.15, -0.1) is 0 Å². The van der Waals surface area contributed by atoms with Crippen LogP contribution in [0.25, 0.3) is 44.6 Å². The highest BCUT2D eigenvalue weighted by Gasteiger charge is 2.37. The molecule has 0 unspecified atom stereocenters. The highest BCUT2D eigenvalue weighted by molar-refractivity contribution is 6.13. The monoisotopic (exact) mass is 1450 g/mol. The van der Waals surface area contributed by atoms with Gasteiger partial charge in [-0.25, -0.2) is 0 Å². The molecular weight excluding hydrogens is 1390 g/mol. The molecule has 24 rings (SSSR count). The Morgan fingerprint density at radius 2 is 0.295 bits per heavy atom. The molecule has 0 amide bonds. The molecule has 7 aromatic heterocycles. The van der Waals surface area contributed by atoms with Crippen molar-refractivity contribution in [3.05, 3.63) is 437 Å². The lowest BCUT2D eigenvalue weighted by Gasteiger charge is -2.29. The van der Waals surface area contributed by atoms with Crippen LogP contribution in [-0.4, -0.2) is 34.9 Å². The molecule has 0 fully saturated rings. The van der Waals surface area contributed by atoms with Gasteiger partial charge in [0.1, 0.15) is 74.5 Å². The van der Waals surface area contributed by atoms with Crippen molar-refractivity contribution in [1.82, 2.24) is 34.9 Å². The van der Waals surface area contributed by atoms with Gasteiger partial charge >= 0.3 is 0 Å². The number of para-hydroxylation sites is 9. The maximum atomic E-state index is 6.20.